The number of thiophene rings is 1. The second-order valence-electron chi connectivity index (χ2n) is 5.41. The molecule has 7 nitrogen and oxygen atoms in total. The summed E-state index contributed by atoms with van der Waals surface area (Å²) in [6, 6.07) is 0. The number of nitrogen functional groups attached to an aromatic ring is 1. The van der Waals surface area contributed by atoms with Crippen LogP contribution >= 0.6 is 11.3 Å². The molecule has 21 heavy (non-hydrogen) atoms. The summed E-state index contributed by atoms with van der Waals surface area (Å²) in [5.41, 5.74) is 11.2. The van der Waals surface area contributed by atoms with Crippen molar-refractivity contribution in [3.8, 4) is 0 Å². The highest BCUT2D eigenvalue weighted by Crippen LogP contribution is 2.40. The smallest absolute Gasteiger partial charge is 0.343 e. The Bertz CT molecular complexity index is 582. The van der Waals surface area contributed by atoms with Crippen LogP contribution in [0.25, 0.3) is 0 Å². The highest BCUT2D eigenvalue weighted by Gasteiger charge is 2.33. The van der Waals surface area contributed by atoms with E-state index in [1.165, 1.54) is 7.11 Å². The third kappa shape index (κ3) is 2.96. The predicted octanol–water partition coefficient (Wildman–Crippen LogP) is 0.831. The quantitative estimate of drug-likeness (QED) is 0.800. The summed E-state index contributed by atoms with van der Waals surface area (Å²) in [6.45, 7) is 5.63. The van der Waals surface area contributed by atoms with Gasteiger partial charge in [-0.2, -0.15) is 0 Å². The number of carbonyl (C=O) groups excluding carboxylic acids is 2. The van der Waals surface area contributed by atoms with Crippen LogP contribution in [0.5, 0.6) is 0 Å². The summed E-state index contributed by atoms with van der Waals surface area (Å²) >= 11 is 1.12. The number of rotatable bonds is 3. The zero-order valence-electron chi connectivity index (χ0n) is 12.3. The molecule has 4 N–H and O–H groups in total. The van der Waals surface area contributed by atoms with Gasteiger partial charge in [-0.05, 0) is 13.8 Å². The van der Waals surface area contributed by atoms with Gasteiger partial charge in [-0.1, -0.05) is 0 Å². The van der Waals surface area contributed by atoms with Gasteiger partial charge in [-0.25, -0.2) is 4.79 Å². The molecule has 116 valence electrons. The van der Waals surface area contributed by atoms with Crippen LogP contribution in [0.3, 0.4) is 0 Å². The first-order chi connectivity index (χ1) is 9.76. The number of esters is 1. The molecule has 0 spiro atoms. The SMILES string of the molecule is COC(=O)c1c(N2CCOC(C)(C)C2)sc(C(N)=O)c1N. The molecule has 0 radical (unpaired) electrons. The van der Waals surface area contributed by atoms with Crippen LogP contribution in [0.15, 0.2) is 0 Å². The minimum atomic E-state index is -0.651. The molecule has 1 saturated heterocycles. The van der Waals surface area contributed by atoms with Crippen molar-refractivity contribution in [2.45, 2.75) is 19.4 Å². The maximum atomic E-state index is 12.0. The monoisotopic (exact) mass is 313 g/mol. The molecule has 0 aliphatic carbocycles. The Kier molecular flexibility index (Phi) is 4.11. The molecule has 1 fully saturated rings. The van der Waals surface area contributed by atoms with E-state index in [4.69, 9.17) is 20.9 Å². The van der Waals surface area contributed by atoms with E-state index in [2.05, 4.69) is 0 Å². The van der Waals surface area contributed by atoms with Gasteiger partial charge < -0.3 is 25.8 Å². The van der Waals surface area contributed by atoms with E-state index in [0.29, 0.717) is 24.7 Å². The number of primary amides is 1. The summed E-state index contributed by atoms with van der Waals surface area (Å²) in [5.74, 6) is -1.23. The first-order valence-corrected chi connectivity index (χ1v) is 7.28. The standard InChI is InChI=1S/C13H19N3O4S/c1-13(2)6-16(4-5-20-13)11-7(12(18)19-3)8(14)9(21-11)10(15)17/h4-6,14H2,1-3H3,(H2,15,17). The molecule has 1 aromatic heterocycles. The second kappa shape index (κ2) is 5.53. The molecule has 2 rings (SSSR count). The van der Waals surface area contributed by atoms with E-state index < -0.39 is 11.9 Å². The van der Waals surface area contributed by atoms with E-state index >= 15 is 0 Å². The predicted molar refractivity (Wildman–Crippen MR) is 80.8 cm³/mol. The molecule has 8 heteroatoms. The average molecular weight is 313 g/mol. The van der Waals surface area contributed by atoms with Crippen molar-refractivity contribution in [1.29, 1.82) is 0 Å². The van der Waals surface area contributed by atoms with Gasteiger partial charge in [0, 0.05) is 13.1 Å². The number of anilines is 2. The third-order valence-electron chi connectivity index (χ3n) is 3.25. The van der Waals surface area contributed by atoms with E-state index in [1.54, 1.807) is 0 Å². The van der Waals surface area contributed by atoms with Gasteiger partial charge in [0.25, 0.3) is 5.91 Å². The molecule has 0 unspecified atom stereocenters. The summed E-state index contributed by atoms with van der Waals surface area (Å²) < 4.78 is 10.4. The summed E-state index contributed by atoms with van der Waals surface area (Å²) in [5, 5.41) is 0.601. The lowest BCUT2D eigenvalue weighted by Crippen LogP contribution is -2.48. The maximum absolute atomic E-state index is 12.0. The number of carbonyl (C=O) groups is 2. The normalized spacial score (nSPS) is 17.6. The number of nitrogens with zero attached hydrogens (tertiary/aromatic N) is 1. The Balaban J connectivity index is 2.49. The molecule has 0 bridgehead atoms. The van der Waals surface area contributed by atoms with E-state index in [1.807, 2.05) is 18.7 Å². The summed E-state index contributed by atoms with van der Waals surface area (Å²) in [7, 11) is 1.27. The van der Waals surface area contributed by atoms with Gasteiger partial charge in [0.15, 0.2) is 0 Å². The van der Waals surface area contributed by atoms with Crippen molar-refractivity contribution in [3.05, 3.63) is 10.4 Å². The minimum Gasteiger partial charge on any atom is -0.465 e. The van der Waals surface area contributed by atoms with Gasteiger partial charge in [0.2, 0.25) is 0 Å². The number of nitrogens with two attached hydrogens (primary N) is 2. The van der Waals surface area contributed by atoms with Crippen LogP contribution in [-0.2, 0) is 9.47 Å². The van der Waals surface area contributed by atoms with Crippen LogP contribution in [-0.4, -0.2) is 44.3 Å². The van der Waals surface area contributed by atoms with E-state index in [9.17, 15) is 9.59 Å². The average Bonchev–Trinajstić information content (AvgIpc) is 2.74. The number of amides is 1. The molecule has 1 aromatic rings. The highest BCUT2D eigenvalue weighted by atomic mass is 32.1. The molecule has 0 aromatic carbocycles. The first-order valence-electron chi connectivity index (χ1n) is 6.46. The number of ether oxygens (including phenoxy) is 2. The lowest BCUT2D eigenvalue weighted by molar-refractivity contribution is -0.0275. The molecule has 1 aliphatic heterocycles. The third-order valence-corrected chi connectivity index (χ3v) is 4.53. The van der Waals surface area contributed by atoms with Crippen molar-refractivity contribution in [2.24, 2.45) is 5.73 Å². The van der Waals surface area contributed by atoms with Crippen molar-refractivity contribution >= 4 is 33.9 Å². The van der Waals surface area contributed by atoms with Crippen LogP contribution in [0.1, 0.15) is 33.9 Å². The summed E-state index contributed by atoms with van der Waals surface area (Å²) in [6.07, 6.45) is 0. The summed E-state index contributed by atoms with van der Waals surface area (Å²) in [4.78, 5) is 25.6. The van der Waals surface area contributed by atoms with Gasteiger partial charge in [-0.3, -0.25) is 4.79 Å². The van der Waals surface area contributed by atoms with Crippen molar-refractivity contribution in [3.63, 3.8) is 0 Å². The van der Waals surface area contributed by atoms with Crippen LogP contribution in [0.4, 0.5) is 10.7 Å². The molecule has 1 amide bonds. The van der Waals surface area contributed by atoms with E-state index in [0.717, 1.165) is 11.3 Å². The number of hydrogen-bond acceptors (Lipinski definition) is 7. The topological polar surface area (TPSA) is 108 Å². The van der Waals surface area contributed by atoms with Gasteiger partial charge in [-0.15, -0.1) is 11.3 Å². The molecule has 0 atom stereocenters. The fourth-order valence-corrected chi connectivity index (χ4v) is 3.41. The van der Waals surface area contributed by atoms with Gasteiger partial charge in [0.1, 0.15) is 15.4 Å². The largest absolute Gasteiger partial charge is 0.465 e. The Morgan fingerprint density at radius 1 is 1.43 bits per heavy atom. The maximum Gasteiger partial charge on any atom is 0.343 e. The lowest BCUT2D eigenvalue weighted by atomic mass is 10.1. The highest BCUT2D eigenvalue weighted by molar-refractivity contribution is 7.19. The molecular weight excluding hydrogens is 294 g/mol. The van der Waals surface area contributed by atoms with Crippen molar-refractivity contribution in [2.75, 3.05) is 37.4 Å². The molecular formula is C13H19N3O4S. The zero-order chi connectivity index (χ0) is 15.8. The van der Waals surface area contributed by atoms with Crippen molar-refractivity contribution < 1.29 is 19.1 Å². The lowest BCUT2D eigenvalue weighted by Gasteiger charge is -2.39. The Hall–Kier alpha value is -1.80. The van der Waals surface area contributed by atoms with E-state index in [-0.39, 0.29) is 21.7 Å². The fourth-order valence-electron chi connectivity index (χ4n) is 2.33. The fraction of sp³-hybridized carbons (Fsp3) is 0.538. The Morgan fingerprint density at radius 3 is 2.62 bits per heavy atom. The van der Waals surface area contributed by atoms with Crippen molar-refractivity contribution in [1.82, 2.24) is 0 Å². The Morgan fingerprint density at radius 2 is 2.10 bits per heavy atom. The molecule has 1 aliphatic rings. The first kappa shape index (κ1) is 15.6. The van der Waals surface area contributed by atoms with Crippen LogP contribution in [0.2, 0.25) is 0 Å². The van der Waals surface area contributed by atoms with Crippen LogP contribution < -0.4 is 16.4 Å². The zero-order valence-corrected chi connectivity index (χ0v) is 13.1. The Labute approximate surface area is 126 Å². The number of methoxy groups -OCH3 is 1. The van der Waals surface area contributed by atoms with Gasteiger partial charge in [0.05, 0.1) is 25.0 Å². The number of hydrogen-bond donors (Lipinski definition) is 2. The molecule has 0 saturated carbocycles. The molecule has 2 heterocycles. The number of morpholine rings is 1. The van der Waals surface area contributed by atoms with Gasteiger partial charge >= 0.3 is 5.97 Å². The van der Waals surface area contributed by atoms with Crippen LogP contribution in [0, 0.1) is 0 Å². The second-order valence-corrected chi connectivity index (χ2v) is 6.41. The minimum absolute atomic E-state index is 0.0821.